The van der Waals surface area contributed by atoms with Gasteiger partial charge in [0.15, 0.2) is 0 Å². The van der Waals surface area contributed by atoms with Crippen molar-refractivity contribution in [3.05, 3.63) is 77.7 Å². The van der Waals surface area contributed by atoms with Gasteiger partial charge < -0.3 is 25.8 Å². The minimum absolute atomic E-state index is 0.0683. The molecule has 3 amide bonds. The normalized spacial score (nSPS) is 16.5. The number of anilines is 1. The van der Waals surface area contributed by atoms with Crippen molar-refractivity contribution in [1.82, 2.24) is 19.1 Å². The van der Waals surface area contributed by atoms with Gasteiger partial charge in [-0.1, -0.05) is 12.0 Å². The maximum Gasteiger partial charge on any atom is 0.322 e. The van der Waals surface area contributed by atoms with Crippen molar-refractivity contribution >= 4 is 27.6 Å². The monoisotopic (exact) mass is 678 g/mol. The summed E-state index contributed by atoms with van der Waals surface area (Å²) in [6, 6.07) is 13.1. The lowest BCUT2D eigenvalue weighted by molar-refractivity contribution is 0.0996. The van der Waals surface area contributed by atoms with E-state index in [-0.39, 0.29) is 28.7 Å². The van der Waals surface area contributed by atoms with Crippen molar-refractivity contribution in [2.75, 3.05) is 38.0 Å². The first-order chi connectivity index (χ1) is 23.0. The van der Waals surface area contributed by atoms with Gasteiger partial charge in [-0.25, -0.2) is 22.6 Å². The van der Waals surface area contributed by atoms with Crippen molar-refractivity contribution in [1.29, 1.82) is 0 Å². The molecule has 3 heterocycles. The Morgan fingerprint density at radius 1 is 1.06 bits per heavy atom. The number of hydrogen-bond donors (Lipinski definition) is 3. The quantitative estimate of drug-likeness (QED) is 0.274. The van der Waals surface area contributed by atoms with Crippen LogP contribution in [-0.2, 0) is 16.6 Å². The van der Waals surface area contributed by atoms with Gasteiger partial charge in [0, 0.05) is 56.7 Å². The second-order valence-electron chi connectivity index (χ2n) is 11.8. The number of likely N-dealkylation sites (tertiary alicyclic amines) is 1. The van der Waals surface area contributed by atoms with Gasteiger partial charge in [0.2, 0.25) is 15.9 Å². The van der Waals surface area contributed by atoms with E-state index in [2.05, 4.69) is 27.0 Å². The lowest BCUT2D eigenvalue weighted by Crippen LogP contribution is -2.48. The number of primary amides is 1. The molecule has 2 fully saturated rings. The number of amides is 3. The maximum absolute atomic E-state index is 13.9. The predicted octanol–water partition coefficient (Wildman–Crippen LogP) is 3.78. The van der Waals surface area contributed by atoms with Gasteiger partial charge in [-0.15, -0.1) is 5.92 Å². The molecule has 5 rings (SSSR count). The average molecular weight is 679 g/mol. The van der Waals surface area contributed by atoms with Crippen LogP contribution in [0.3, 0.4) is 0 Å². The largest absolute Gasteiger partial charge is 0.439 e. The van der Waals surface area contributed by atoms with Crippen LogP contribution in [0.2, 0.25) is 0 Å². The van der Waals surface area contributed by atoms with Crippen molar-refractivity contribution in [2.24, 2.45) is 5.73 Å². The number of nitrogens with two attached hydrogens (primary N) is 1. The highest BCUT2D eigenvalue weighted by Crippen LogP contribution is 2.26. The van der Waals surface area contributed by atoms with Crippen LogP contribution in [0.1, 0.15) is 48.5 Å². The van der Waals surface area contributed by atoms with Gasteiger partial charge in [0.05, 0.1) is 23.1 Å². The van der Waals surface area contributed by atoms with Crippen LogP contribution >= 0.6 is 0 Å². The van der Waals surface area contributed by atoms with Crippen LogP contribution in [0.4, 0.5) is 14.9 Å². The van der Waals surface area contributed by atoms with E-state index in [0.29, 0.717) is 44.1 Å². The van der Waals surface area contributed by atoms with E-state index in [9.17, 15) is 27.5 Å². The number of ether oxygens (including phenoxy) is 1. The van der Waals surface area contributed by atoms with Crippen LogP contribution < -0.4 is 15.8 Å². The summed E-state index contributed by atoms with van der Waals surface area (Å²) >= 11 is 0. The molecule has 48 heavy (non-hydrogen) atoms. The Hall–Kier alpha value is -4.55. The number of piperidine rings is 2. The molecule has 0 aliphatic carbocycles. The Morgan fingerprint density at radius 2 is 1.77 bits per heavy atom. The number of rotatable bonds is 10. The molecule has 0 radical (unpaired) electrons. The van der Waals surface area contributed by atoms with Crippen molar-refractivity contribution < 1.29 is 32.2 Å². The summed E-state index contributed by atoms with van der Waals surface area (Å²) in [6.07, 6.45) is 3.57. The molecule has 1 aromatic heterocycles. The molecule has 4 N–H and O–H groups in total. The number of pyridine rings is 1. The number of nitrogens with zero attached hydrogens (tertiary/aromatic N) is 4. The van der Waals surface area contributed by atoms with Crippen molar-refractivity contribution in [2.45, 2.75) is 56.2 Å². The van der Waals surface area contributed by atoms with E-state index in [1.54, 1.807) is 36.2 Å². The molecule has 0 unspecified atom stereocenters. The zero-order valence-electron chi connectivity index (χ0n) is 26.6. The molecule has 2 aliphatic heterocycles. The molecular formula is C34H39FN6O6S. The van der Waals surface area contributed by atoms with E-state index in [4.69, 9.17) is 10.5 Å². The molecule has 2 saturated heterocycles. The summed E-state index contributed by atoms with van der Waals surface area (Å²) in [4.78, 5) is 33.3. The Labute approximate surface area is 279 Å². The highest BCUT2D eigenvalue weighted by Gasteiger charge is 2.29. The molecule has 0 saturated carbocycles. The van der Waals surface area contributed by atoms with Crippen LogP contribution in [0.15, 0.2) is 65.7 Å². The molecule has 0 bridgehead atoms. The Bertz CT molecular complexity index is 1760. The predicted molar refractivity (Wildman–Crippen MR) is 177 cm³/mol. The van der Waals surface area contributed by atoms with E-state index in [0.717, 1.165) is 37.6 Å². The third kappa shape index (κ3) is 8.67. The third-order valence-corrected chi connectivity index (χ3v) is 10.4. The van der Waals surface area contributed by atoms with E-state index < -0.39 is 33.9 Å². The summed E-state index contributed by atoms with van der Waals surface area (Å²) < 4.78 is 47.0. The van der Waals surface area contributed by atoms with Gasteiger partial charge in [-0.3, -0.25) is 9.69 Å². The second kappa shape index (κ2) is 15.6. The van der Waals surface area contributed by atoms with Crippen LogP contribution in [-0.4, -0.2) is 89.4 Å². The number of aliphatic hydroxyl groups is 1. The first-order valence-electron chi connectivity index (χ1n) is 15.7. The highest BCUT2D eigenvalue weighted by molar-refractivity contribution is 7.89. The van der Waals surface area contributed by atoms with Gasteiger partial charge in [-0.2, -0.15) is 4.31 Å². The van der Waals surface area contributed by atoms with Crippen LogP contribution in [0, 0.1) is 17.7 Å². The number of carbonyl (C=O) groups is 2. The maximum atomic E-state index is 13.9. The molecular weight excluding hydrogens is 639 g/mol. The van der Waals surface area contributed by atoms with Gasteiger partial charge >= 0.3 is 6.03 Å². The standard InChI is InChI=1S/C34H39FN6O6S/c1-2-3-16-41(34(44)38-25-5-10-31(35)30(21-25)33(36)43)26-12-17-39(18-13-26)23-24-4-11-32(37-22-24)47-28-6-8-29(9-7-28)48(45,46)40-19-14-27(42)15-20-40/h4-11,21-22,26-27,42H,12-20,23H2,1H3,(H2,36,43)(H,38,44). The van der Waals surface area contributed by atoms with Gasteiger partial charge in [0.25, 0.3) is 5.91 Å². The van der Waals surface area contributed by atoms with Crippen LogP contribution in [0.25, 0.3) is 0 Å². The first-order valence-corrected chi connectivity index (χ1v) is 17.2. The number of halogens is 1. The molecule has 2 aromatic carbocycles. The molecule has 14 heteroatoms. The number of benzene rings is 2. The lowest BCUT2D eigenvalue weighted by atomic mass is 10.0. The zero-order chi connectivity index (χ0) is 34.3. The minimum atomic E-state index is -3.64. The Kier molecular flexibility index (Phi) is 11.3. The third-order valence-electron chi connectivity index (χ3n) is 8.48. The lowest BCUT2D eigenvalue weighted by Gasteiger charge is -2.37. The molecule has 0 atom stereocenters. The second-order valence-corrected chi connectivity index (χ2v) is 13.7. The number of urea groups is 1. The summed E-state index contributed by atoms with van der Waals surface area (Å²) in [5.41, 5.74) is 6.20. The fourth-order valence-corrected chi connectivity index (χ4v) is 7.23. The topological polar surface area (TPSA) is 158 Å². The summed E-state index contributed by atoms with van der Waals surface area (Å²) in [5, 5.41) is 12.4. The summed E-state index contributed by atoms with van der Waals surface area (Å²) in [7, 11) is -3.64. The molecule has 0 spiro atoms. The van der Waals surface area contributed by atoms with E-state index in [1.165, 1.54) is 28.6 Å². The highest BCUT2D eigenvalue weighted by atomic mass is 32.2. The van der Waals surface area contributed by atoms with Crippen molar-refractivity contribution in [3.63, 3.8) is 0 Å². The van der Waals surface area contributed by atoms with E-state index >= 15 is 0 Å². The minimum Gasteiger partial charge on any atom is -0.439 e. The molecule has 254 valence electrons. The zero-order valence-corrected chi connectivity index (χ0v) is 27.5. The first kappa shape index (κ1) is 34.8. The van der Waals surface area contributed by atoms with Crippen molar-refractivity contribution in [3.8, 4) is 23.5 Å². The number of sulfonamides is 1. The Balaban J connectivity index is 1.12. The molecule has 12 nitrogen and oxygen atoms in total. The summed E-state index contributed by atoms with van der Waals surface area (Å²) in [6.45, 7) is 4.65. The summed E-state index contributed by atoms with van der Waals surface area (Å²) in [5.74, 6) is 4.95. The number of aromatic nitrogens is 1. The average Bonchev–Trinajstić information content (AvgIpc) is 3.08. The number of nitrogens with one attached hydrogen (secondary N) is 1. The molecule has 2 aliphatic rings. The number of carbonyl (C=O) groups excluding carboxylic acids is 2. The van der Waals surface area contributed by atoms with Gasteiger partial charge in [0.1, 0.15) is 11.6 Å². The fourth-order valence-electron chi connectivity index (χ4n) is 5.76. The smallest absolute Gasteiger partial charge is 0.322 e. The van der Waals surface area contributed by atoms with Crippen LogP contribution in [0.5, 0.6) is 11.6 Å². The number of aliphatic hydroxyl groups excluding tert-OH is 1. The van der Waals surface area contributed by atoms with Gasteiger partial charge in [-0.05, 0) is 80.6 Å². The van der Waals surface area contributed by atoms with E-state index in [1.807, 2.05) is 6.07 Å². The SMILES string of the molecule is CC#CCN(C(=O)Nc1ccc(F)c(C(N)=O)c1)C1CCN(Cc2ccc(Oc3ccc(S(=O)(=O)N4CCC(O)CC4)cc3)nc2)CC1. The molecule has 3 aromatic rings. The Morgan fingerprint density at radius 3 is 2.40 bits per heavy atom. The fraction of sp³-hybridized carbons (Fsp3) is 0.382. The number of hydrogen-bond acceptors (Lipinski definition) is 8.